The first-order valence-electron chi connectivity index (χ1n) is 4.28. The summed E-state index contributed by atoms with van der Waals surface area (Å²) in [6.07, 6.45) is 0. The van der Waals surface area contributed by atoms with E-state index >= 15 is 0 Å². The topological polar surface area (TPSA) is 65.1 Å². The molecule has 0 saturated carbocycles. The number of nitrogens with zero attached hydrogens (tertiary/aromatic N) is 2. The van der Waals surface area contributed by atoms with Gasteiger partial charge in [0.25, 0.3) is 5.89 Å². The summed E-state index contributed by atoms with van der Waals surface area (Å²) in [7, 11) is 0. The van der Waals surface area contributed by atoms with Crippen LogP contribution in [-0.4, -0.2) is 15.6 Å². The highest BCUT2D eigenvalue weighted by Gasteiger charge is 2.11. The molecule has 2 rings (SSSR count). The minimum absolute atomic E-state index is 0.0479. The maximum absolute atomic E-state index is 11.3. The van der Waals surface area contributed by atoms with E-state index < -0.39 is 5.76 Å². The summed E-state index contributed by atoms with van der Waals surface area (Å²) in [4.78, 5) is 22.9. The van der Waals surface area contributed by atoms with Gasteiger partial charge in [-0.1, -0.05) is 6.07 Å². The van der Waals surface area contributed by atoms with E-state index in [1.165, 1.54) is 18.3 Å². The molecule has 0 atom stereocenters. The Hall–Kier alpha value is -1.69. The minimum atomic E-state index is -0.603. The molecule has 0 radical (unpaired) electrons. The van der Waals surface area contributed by atoms with Crippen LogP contribution in [0.15, 0.2) is 26.7 Å². The fourth-order valence-corrected chi connectivity index (χ4v) is 1.76. The molecule has 2 aromatic rings. The van der Waals surface area contributed by atoms with Crippen LogP contribution in [0.3, 0.4) is 0 Å². The smallest absolute Gasteiger partial charge is 0.387 e. The molecule has 0 N–H and O–H groups in total. The van der Waals surface area contributed by atoms with Crippen molar-refractivity contribution in [3.63, 3.8) is 0 Å². The van der Waals surface area contributed by atoms with E-state index in [0.717, 1.165) is 9.56 Å². The van der Waals surface area contributed by atoms with Gasteiger partial charge in [-0.05, 0) is 18.4 Å². The SMILES string of the molecule is CC(=O)Cn1nc(-c2cccs2)oc1=O. The molecule has 5 nitrogen and oxygen atoms in total. The molecule has 15 heavy (non-hydrogen) atoms. The van der Waals surface area contributed by atoms with E-state index in [9.17, 15) is 9.59 Å². The van der Waals surface area contributed by atoms with Gasteiger partial charge in [-0.2, -0.15) is 4.68 Å². The van der Waals surface area contributed by atoms with Gasteiger partial charge in [0.1, 0.15) is 6.54 Å². The van der Waals surface area contributed by atoms with Crippen LogP contribution >= 0.6 is 11.3 Å². The number of hydrogen-bond acceptors (Lipinski definition) is 5. The summed E-state index contributed by atoms with van der Waals surface area (Å²) in [5.74, 6) is -0.479. The lowest BCUT2D eigenvalue weighted by Crippen LogP contribution is -2.19. The normalized spacial score (nSPS) is 10.5. The zero-order chi connectivity index (χ0) is 10.8. The van der Waals surface area contributed by atoms with Crippen molar-refractivity contribution >= 4 is 17.1 Å². The Morgan fingerprint density at radius 3 is 3.07 bits per heavy atom. The first-order valence-corrected chi connectivity index (χ1v) is 5.16. The molecule has 0 bridgehead atoms. The number of rotatable bonds is 3. The van der Waals surface area contributed by atoms with Crippen molar-refractivity contribution < 1.29 is 9.21 Å². The molecule has 2 heterocycles. The molecular weight excluding hydrogens is 216 g/mol. The lowest BCUT2D eigenvalue weighted by Gasteiger charge is -1.90. The Bertz CT molecular complexity index is 524. The first kappa shape index (κ1) is 9.85. The van der Waals surface area contributed by atoms with Crippen molar-refractivity contribution in [3.05, 3.63) is 28.1 Å². The number of Topliss-reactive ketones (excluding diaryl/α,β-unsaturated/α-hetero) is 1. The van der Waals surface area contributed by atoms with E-state index in [0.29, 0.717) is 0 Å². The van der Waals surface area contributed by atoms with Gasteiger partial charge in [-0.25, -0.2) is 4.79 Å². The Morgan fingerprint density at radius 1 is 1.67 bits per heavy atom. The quantitative estimate of drug-likeness (QED) is 0.784. The van der Waals surface area contributed by atoms with Gasteiger partial charge in [-0.3, -0.25) is 4.79 Å². The fraction of sp³-hybridized carbons (Fsp3) is 0.222. The van der Waals surface area contributed by atoms with E-state index in [-0.39, 0.29) is 18.2 Å². The number of thiophene rings is 1. The lowest BCUT2D eigenvalue weighted by molar-refractivity contribution is -0.117. The molecule has 0 aliphatic heterocycles. The van der Waals surface area contributed by atoms with Crippen molar-refractivity contribution in [2.75, 3.05) is 0 Å². The molecular formula is C9H8N2O3S. The third-order valence-corrected chi connectivity index (χ3v) is 2.57. The van der Waals surface area contributed by atoms with Crippen molar-refractivity contribution in [1.82, 2.24) is 9.78 Å². The summed E-state index contributed by atoms with van der Waals surface area (Å²) in [6.45, 7) is 1.35. The third-order valence-electron chi connectivity index (χ3n) is 1.71. The average molecular weight is 224 g/mol. The van der Waals surface area contributed by atoms with Crippen LogP contribution in [0.2, 0.25) is 0 Å². The summed E-state index contributed by atoms with van der Waals surface area (Å²) < 4.78 is 5.94. The van der Waals surface area contributed by atoms with Crippen molar-refractivity contribution in [3.8, 4) is 10.8 Å². The van der Waals surface area contributed by atoms with Crippen molar-refractivity contribution in [1.29, 1.82) is 0 Å². The van der Waals surface area contributed by atoms with Gasteiger partial charge in [0.15, 0.2) is 5.78 Å². The van der Waals surface area contributed by atoms with Gasteiger partial charge in [0.05, 0.1) is 4.88 Å². The number of aromatic nitrogens is 2. The number of carbonyl (C=O) groups excluding carboxylic acids is 1. The molecule has 0 fully saturated rings. The molecule has 0 spiro atoms. The minimum Gasteiger partial charge on any atom is -0.387 e. The lowest BCUT2D eigenvalue weighted by atomic mass is 10.4. The highest BCUT2D eigenvalue weighted by Crippen LogP contribution is 2.20. The van der Waals surface area contributed by atoms with E-state index in [4.69, 9.17) is 4.42 Å². The summed E-state index contributed by atoms with van der Waals surface area (Å²) in [6, 6.07) is 3.64. The second-order valence-electron chi connectivity index (χ2n) is 3.01. The van der Waals surface area contributed by atoms with Gasteiger partial charge in [0.2, 0.25) is 0 Å². The Kier molecular flexibility index (Phi) is 2.51. The predicted molar refractivity (Wildman–Crippen MR) is 54.8 cm³/mol. The van der Waals surface area contributed by atoms with Crippen LogP contribution in [0, 0.1) is 0 Å². The van der Waals surface area contributed by atoms with E-state index in [1.54, 1.807) is 6.07 Å². The maximum Gasteiger partial charge on any atom is 0.437 e. The first-order chi connectivity index (χ1) is 7.16. The molecule has 0 aliphatic carbocycles. The number of hydrogen-bond donors (Lipinski definition) is 0. The summed E-state index contributed by atoms with van der Waals surface area (Å²) >= 11 is 1.42. The predicted octanol–water partition coefficient (Wildman–Crippen LogP) is 1.15. The van der Waals surface area contributed by atoms with E-state index in [1.807, 2.05) is 11.4 Å². The molecule has 2 aromatic heterocycles. The van der Waals surface area contributed by atoms with Gasteiger partial charge >= 0.3 is 5.76 Å². The van der Waals surface area contributed by atoms with Gasteiger partial charge < -0.3 is 4.42 Å². The number of ketones is 1. The second-order valence-corrected chi connectivity index (χ2v) is 3.96. The molecule has 78 valence electrons. The third kappa shape index (κ3) is 2.04. The average Bonchev–Trinajstić information content (AvgIpc) is 2.75. The standard InChI is InChI=1S/C9H8N2O3S/c1-6(12)5-11-9(13)14-8(10-11)7-3-2-4-15-7/h2-4H,5H2,1H3. The molecule has 0 unspecified atom stereocenters. The molecule has 0 amide bonds. The Labute approximate surface area is 89.0 Å². The van der Waals surface area contributed by atoms with Crippen LogP contribution in [0.5, 0.6) is 0 Å². The largest absolute Gasteiger partial charge is 0.437 e. The molecule has 0 aromatic carbocycles. The molecule has 6 heteroatoms. The van der Waals surface area contributed by atoms with Crippen LogP contribution in [0.25, 0.3) is 10.8 Å². The van der Waals surface area contributed by atoms with Crippen LogP contribution in [0.4, 0.5) is 0 Å². The monoisotopic (exact) mass is 224 g/mol. The zero-order valence-electron chi connectivity index (χ0n) is 7.97. The molecule has 0 saturated heterocycles. The molecule has 0 aliphatic rings. The fourth-order valence-electron chi connectivity index (χ4n) is 1.12. The summed E-state index contributed by atoms with van der Waals surface area (Å²) in [5, 5.41) is 5.78. The van der Waals surface area contributed by atoms with Gasteiger partial charge in [0, 0.05) is 0 Å². The number of carbonyl (C=O) groups is 1. The Balaban J connectivity index is 2.37. The Morgan fingerprint density at radius 2 is 2.47 bits per heavy atom. The second kappa shape index (κ2) is 3.82. The highest BCUT2D eigenvalue weighted by molar-refractivity contribution is 7.13. The summed E-state index contributed by atoms with van der Waals surface area (Å²) in [5.41, 5.74) is 0. The maximum atomic E-state index is 11.3. The van der Waals surface area contributed by atoms with Crippen LogP contribution in [0.1, 0.15) is 6.92 Å². The van der Waals surface area contributed by atoms with Crippen molar-refractivity contribution in [2.45, 2.75) is 13.5 Å². The van der Waals surface area contributed by atoms with Gasteiger partial charge in [-0.15, -0.1) is 16.4 Å². The van der Waals surface area contributed by atoms with E-state index in [2.05, 4.69) is 5.10 Å². The van der Waals surface area contributed by atoms with Crippen LogP contribution < -0.4 is 5.76 Å². The zero-order valence-corrected chi connectivity index (χ0v) is 8.78. The highest BCUT2D eigenvalue weighted by atomic mass is 32.1. The van der Waals surface area contributed by atoms with Crippen molar-refractivity contribution in [2.24, 2.45) is 0 Å². The van der Waals surface area contributed by atoms with Crippen LogP contribution in [-0.2, 0) is 11.3 Å².